The lowest BCUT2D eigenvalue weighted by atomic mass is 10.1. The molecule has 0 radical (unpaired) electrons. The Kier molecular flexibility index (Phi) is 7.17. The minimum Gasteiger partial charge on any atom is -0.462 e. The van der Waals surface area contributed by atoms with Crippen LogP contribution in [0.2, 0.25) is 0 Å². The van der Waals surface area contributed by atoms with Gasteiger partial charge in [0.15, 0.2) is 0 Å². The van der Waals surface area contributed by atoms with Crippen LogP contribution in [-0.4, -0.2) is 32.9 Å². The highest BCUT2D eigenvalue weighted by molar-refractivity contribution is 7.92. The van der Waals surface area contributed by atoms with E-state index in [9.17, 15) is 18.0 Å². The number of esters is 1. The SMILES string of the molecule is CCOC(=O)c1ccc(S(=O)(=O)Nc2ccccc2C(=O)NC(C)CC)cc1. The van der Waals surface area contributed by atoms with Crippen LogP contribution in [0.25, 0.3) is 0 Å². The molecule has 7 nitrogen and oxygen atoms in total. The second kappa shape index (κ2) is 9.36. The molecule has 150 valence electrons. The first-order valence-electron chi connectivity index (χ1n) is 8.98. The highest BCUT2D eigenvalue weighted by Crippen LogP contribution is 2.21. The van der Waals surface area contributed by atoms with Crippen molar-refractivity contribution in [2.45, 2.75) is 38.1 Å². The number of para-hydroxylation sites is 1. The van der Waals surface area contributed by atoms with E-state index in [0.717, 1.165) is 6.42 Å². The maximum Gasteiger partial charge on any atom is 0.338 e. The third-order valence-corrected chi connectivity index (χ3v) is 5.46. The first-order valence-corrected chi connectivity index (χ1v) is 10.5. The summed E-state index contributed by atoms with van der Waals surface area (Å²) in [5.74, 6) is -0.878. The van der Waals surface area contributed by atoms with Crippen molar-refractivity contribution in [2.24, 2.45) is 0 Å². The molecule has 0 aliphatic heterocycles. The topological polar surface area (TPSA) is 102 Å². The average molecular weight is 404 g/mol. The second-order valence-electron chi connectivity index (χ2n) is 6.18. The zero-order valence-electron chi connectivity index (χ0n) is 16.1. The molecule has 0 saturated heterocycles. The minimum absolute atomic E-state index is 0.0299. The first-order chi connectivity index (χ1) is 13.3. The van der Waals surface area contributed by atoms with Gasteiger partial charge in [-0.15, -0.1) is 0 Å². The molecule has 0 bridgehead atoms. The molecular formula is C20H24N2O5S. The number of benzene rings is 2. The first kappa shape index (κ1) is 21.4. The van der Waals surface area contributed by atoms with E-state index >= 15 is 0 Å². The molecule has 28 heavy (non-hydrogen) atoms. The molecule has 1 atom stereocenters. The van der Waals surface area contributed by atoms with Crippen LogP contribution in [0.15, 0.2) is 53.4 Å². The van der Waals surface area contributed by atoms with Crippen LogP contribution in [0.5, 0.6) is 0 Å². The fourth-order valence-corrected chi connectivity index (χ4v) is 3.44. The molecule has 1 amide bonds. The number of rotatable bonds is 8. The van der Waals surface area contributed by atoms with Gasteiger partial charge in [0, 0.05) is 6.04 Å². The Hall–Kier alpha value is -2.87. The van der Waals surface area contributed by atoms with E-state index in [4.69, 9.17) is 4.74 Å². The molecule has 2 aromatic rings. The van der Waals surface area contributed by atoms with E-state index in [0.29, 0.717) is 0 Å². The number of ether oxygens (including phenoxy) is 1. The van der Waals surface area contributed by atoms with Gasteiger partial charge in [-0.05, 0) is 56.7 Å². The van der Waals surface area contributed by atoms with E-state index in [1.54, 1.807) is 25.1 Å². The van der Waals surface area contributed by atoms with E-state index in [2.05, 4.69) is 10.0 Å². The smallest absolute Gasteiger partial charge is 0.338 e. The number of sulfonamides is 1. The largest absolute Gasteiger partial charge is 0.462 e. The van der Waals surface area contributed by atoms with Crippen LogP contribution in [-0.2, 0) is 14.8 Å². The maximum absolute atomic E-state index is 12.7. The van der Waals surface area contributed by atoms with Crippen LogP contribution < -0.4 is 10.0 Å². The van der Waals surface area contributed by atoms with Crippen LogP contribution >= 0.6 is 0 Å². The molecule has 0 fully saturated rings. The van der Waals surface area contributed by atoms with Crippen molar-refractivity contribution in [2.75, 3.05) is 11.3 Å². The van der Waals surface area contributed by atoms with Gasteiger partial charge >= 0.3 is 5.97 Å². The summed E-state index contributed by atoms with van der Waals surface area (Å²) in [6, 6.07) is 11.7. The van der Waals surface area contributed by atoms with Crippen molar-refractivity contribution in [1.29, 1.82) is 0 Å². The zero-order valence-corrected chi connectivity index (χ0v) is 16.9. The van der Waals surface area contributed by atoms with Crippen molar-refractivity contribution in [3.8, 4) is 0 Å². The van der Waals surface area contributed by atoms with E-state index in [1.165, 1.54) is 30.3 Å². The Bertz CT molecular complexity index is 939. The third-order valence-electron chi connectivity index (χ3n) is 4.08. The summed E-state index contributed by atoms with van der Waals surface area (Å²) in [5, 5.41) is 2.82. The molecule has 2 N–H and O–H groups in total. The molecule has 0 saturated carbocycles. The number of nitrogens with one attached hydrogen (secondary N) is 2. The summed E-state index contributed by atoms with van der Waals surface area (Å²) in [6.45, 7) is 5.74. The monoisotopic (exact) mass is 404 g/mol. The lowest BCUT2D eigenvalue weighted by Crippen LogP contribution is -2.32. The number of carbonyl (C=O) groups excluding carboxylic acids is 2. The number of carbonyl (C=O) groups is 2. The fourth-order valence-electron chi connectivity index (χ4n) is 2.36. The van der Waals surface area contributed by atoms with Crippen LogP contribution in [0.3, 0.4) is 0 Å². The predicted molar refractivity (Wildman–Crippen MR) is 107 cm³/mol. The van der Waals surface area contributed by atoms with Crippen molar-refractivity contribution < 1.29 is 22.7 Å². The molecule has 2 aromatic carbocycles. The maximum atomic E-state index is 12.7. The van der Waals surface area contributed by atoms with Crippen LogP contribution in [0, 0.1) is 0 Å². The van der Waals surface area contributed by atoms with Crippen LogP contribution in [0.1, 0.15) is 47.9 Å². The summed E-state index contributed by atoms with van der Waals surface area (Å²) in [6.07, 6.45) is 0.756. The normalized spacial score (nSPS) is 12.1. The van der Waals surface area contributed by atoms with Gasteiger partial charge in [-0.25, -0.2) is 13.2 Å². The molecule has 1 unspecified atom stereocenters. The Labute approximate surface area is 165 Å². The molecule has 0 heterocycles. The summed E-state index contributed by atoms with van der Waals surface area (Å²) >= 11 is 0. The summed E-state index contributed by atoms with van der Waals surface area (Å²) < 4.78 is 32.7. The quantitative estimate of drug-likeness (QED) is 0.658. The lowest BCUT2D eigenvalue weighted by molar-refractivity contribution is 0.0526. The highest BCUT2D eigenvalue weighted by Gasteiger charge is 2.20. The van der Waals surface area contributed by atoms with Crippen molar-refractivity contribution in [1.82, 2.24) is 5.32 Å². The van der Waals surface area contributed by atoms with Gasteiger partial charge in [-0.2, -0.15) is 0 Å². The van der Waals surface area contributed by atoms with Crippen LogP contribution in [0.4, 0.5) is 5.69 Å². The third kappa shape index (κ3) is 5.32. The number of anilines is 1. The Morgan fingerprint density at radius 1 is 1.04 bits per heavy atom. The molecular weight excluding hydrogens is 380 g/mol. The van der Waals surface area contributed by atoms with Crippen molar-refractivity contribution in [3.05, 3.63) is 59.7 Å². The van der Waals surface area contributed by atoms with E-state index in [1.807, 2.05) is 13.8 Å². The second-order valence-corrected chi connectivity index (χ2v) is 7.86. The fraction of sp³-hybridized carbons (Fsp3) is 0.300. The van der Waals surface area contributed by atoms with Gasteiger partial charge in [0.1, 0.15) is 0 Å². The Balaban J connectivity index is 2.25. The van der Waals surface area contributed by atoms with Gasteiger partial charge in [0.2, 0.25) is 0 Å². The minimum atomic E-state index is -3.94. The van der Waals surface area contributed by atoms with Crippen molar-refractivity contribution >= 4 is 27.6 Å². The molecule has 0 aliphatic carbocycles. The Morgan fingerprint density at radius 3 is 2.29 bits per heavy atom. The number of hydrogen-bond donors (Lipinski definition) is 2. The average Bonchev–Trinajstić information content (AvgIpc) is 2.68. The van der Waals surface area contributed by atoms with Gasteiger partial charge in [-0.3, -0.25) is 9.52 Å². The van der Waals surface area contributed by atoms with Gasteiger partial charge in [0.25, 0.3) is 15.9 Å². The van der Waals surface area contributed by atoms with Crippen molar-refractivity contribution in [3.63, 3.8) is 0 Å². The lowest BCUT2D eigenvalue weighted by Gasteiger charge is -2.15. The zero-order chi connectivity index (χ0) is 20.7. The standard InChI is InChI=1S/C20H24N2O5S/c1-4-14(3)21-19(23)17-8-6-7-9-18(17)22-28(25,26)16-12-10-15(11-13-16)20(24)27-5-2/h6-14,22H,4-5H2,1-3H3,(H,21,23). The van der Waals surface area contributed by atoms with Gasteiger partial charge < -0.3 is 10.1 Å². The number of amides is 1. The molecule has 0 aromatic heterocycles. The van der Waals surface area contributed by atoms with E-state index < -0.39 is 16.0 Å². The summed E-state index contributed by atoms with van der Waals surface area (Å²) in [4.78, 5) is 24.1. The number of hydrogen-bond acceptors (Lipinski definition) is 5. The Morgan fingerprint density at radius 2 is 1.68 bits per heavy atom. The summed E-state index contributed by atoms with van der Waals surface area (Å²) in [7, 11) is -3.94. The molecule has 0 aliphatic rings. The summed E-state index contributed by atoms with van der Waals surface area (Å²) in [5.41, 5.74) is 0.668. The predicted octanol–water partition coefficient (Wildman–Crippen LogP) is 3.19. The molecule has 8 heteroatoms. The molecule has 0 spiro atoms. The van der Waals surface area contributed by atoms with Gasteiger partial charge in [0.05, 0.1) is 28.3 Å². The highest BCUT2D eigenvalue weighted by atomic mass is 32.2. The van der Waals surface area contributed by atoms with E-state index in [-0.39, 0.29) is 40.3 Å². The van der Waals surface area contributed by atoms with Gasteiger partial charge in [-0.1, -0.05) is 19.1 Å². The molecule has 2 rings (SSSR count).